The highest BCUT2D eigenvalue weighted by molar-refractivity contribution is 9.10. The van der Waals surface area contributed by atoms with Crippen LogP contribution in [0.15, 0.2) is 82.2 Å². The van der Waals surface area contributed by atoms with Crippen LogP contribution in [0.4, 0.5) is 0 Å². The maximum atomic E-state index is 13.3. The molecule has 0 atom stereocenters. The number of nitrogens with one attached hydrogen (secondary N) is 1. The highest BCUT2D eigenvalue weighted by Crippen LogP contribution is 2.21. The zero-order chi connectivity index (χ0) is 22.4. The predicted molar refractivity (Wildman–Crippen MR) is 126 cm³/mol. The van der Waals surface area contributed by atoms with E-state index < -0.39 is 10.0 Å². The van der Waals surface area contributed by atoms with Gasteiger partial charge in [-0.3, -0.25) is 4.79 Å². The van der Waals surface area contributed by atoms with E-state index in [1.165, 1.54) is 28.6 Å². The molecule has 0 unspecified atom stereocenters. The first kappa shape index (κ1) is 23.5. The summed E-state index contributed by atoms with van der Waals surface area (Å²) in [5.41, 5.74) is 2.81. The Kier molecular flexibility index (Phi) is 7.89. The Balaban J connectivity index is 1.79. The van der Waals surface area contributed by atoms with Crippen LogP contribution in [0.25, 0.3) is 0 Å². The van der Waals surface area contributed by atoms with E-state index in [9.17, 15) is 13.2 Å². The molecule has 3 aromatic carbocycles. The molecule has 0 radical (unpaired) electrons. The third kappa shape index (κ3) is 6.64. The molecule has 0 aromatic heterocycles. The lowest BCUT2D eigenvalue weighted by molar-refractivity contribution is -0.121. The van der Waals surface area contributed by atoms with Crippen LogP contribution in [0, 0.1) is 6.92 Å². The monoisotopic (exact) mass is 520 g/mol. The van der Waals surface area contributed by atoms with E-state index in [1.807, 2.05) is 55.5 Å². The summed E-state index contributed by atoms with van der Waals surface area (Å²) >= 11 is 9.28. The van der Waals surface area contributed by atoms with E-state index in [0.717, 1.165) is 21.2 Å². The minimum atomic E-state index is -3.91. The molecule has 0 spiro atoms. The van der Waals surface area contributed by atoms with Crippen molar-refractivity contribution in [1.82, 2.24) is 9.62 Å². The largest absolute Gasteiger partial charge is 0.351 e. The second-order valence-electron chi connectivity index (χ2n) is 7.12. The summed E-state index contributed by atoms with van der Waals surface area (Å²) in [5.74, 6) is -0.379. The Labute approximate surface area is 196 Å². The lowest BCUT2D eigenvalue weighted by Gasteiger charge is -2.22. The van der Waals surface area contributed by atoms with Crippen molar-refractivity contribution in [3.63, 3.8) is 0 Å². The topological polar surface area (TPSA) is 66.5 Å². The van der Waals surface area contributed by atoms with Gasteiger partial charge in [-0.1, -0.05) is 69.5 Å². The summed E-state index contributed by atoms with van der Waals surface area (Å²) in [4.78, 5) is 12.7. The molecule has 3 aromatic rings. The number of amides is 1. The molecule has 0 saturated heterocycles. The minimum Gasteiger partial charge on any atom is -0.351 e. The summed E-state index contributed by atoms with van der Waals surface area (Å²) in [7, 11) is -3.91. The summed E-state index contributed by atoms with van der Waals surface area (Å²) in [6.07, 6.45) is 0. The molecule has 5 nitrogen and oxygen atoms in total. The van der Waals surface area contributed by atoms with Crippen LogP contribution in [0.1, 0.15) is 16.7 Å². The fourth-order valence-electron chi connectivity index (χ4n) is 3.01. The van der Waals surface area contributed by atoms with E-state index in [4.69, 9.17) is 11.6 Å². The molecular formula is C23H22BrClN2O3S. The van der Waals surface area contributed by atoms with Crippen molar-refractivity contribution in [3.8, 4) is 0 Å². The van der Waals surface area contributed by atoms with Gasteiger partial charge in [-0.2, -0.15) is 4.31 Å². The van der Waals surface area contributed by atoms with Gasteiger partial charge in [0.15, 0.2) is 0 Å². The summed E-state index contributed by atoms with van der Waals surface area (Å²) in [6.45, 7) is 2.07. The van der Waals surface area contributed by atoms with Gasteiger partial charge in [0.25, 0.3) is 0 Å². The van der Waals surface area contributed by atoms with Gasteiger partial charge in [-0.25, -0.2) is 8.42 Å². The Hall–Kier alpha value is -2.19. The average molecular weight is 522 g/mol. The minimum absolute atomic E-state index is 0.0656. The van der Waals surface area contributed by atoms with Crippen LogP contribution in [0.5, 0.6) is 0 Å². The highest BCUT2D eigenvalue weighted by atomic mass is 79.9. The number of benzene rings is 3. The number of nitrogens with zero attached hydrogens (tertiary/aromatic N) is 1. The molecule has 0 aliphatic heterocycles. The standard InChI is InChI=1S/C23H22BrClN2O3S/c1-17-3-2-4-19(13-17)14-26-23(28)16-27(15-18-5-7-20(24)8-6-18)31(29,30)22-11-9-21(25)10-12-22/h2-13H,14-16H2,1H3,(H,26,28). The van der Waals surface area contributed by atoms with Crippen LogP contribution in [0.3, 0.4) is 0 Å². The molecule has 8 heteroatoms. The second-order valence-corrected chi connectivity index (χ2v) is 10.4. The average Bonchev–Trinajstić information content (AvgIpc) is 2.74. The lowest BCUT2D eigenvalue weighted by Crippen LogP contribution is -2.40. The Morgan fingerprint density at radius 2 is 1.68 bits per heavy atom. The van der Waals surface area contributed by atoms with Crippen LogP contribution in [0.2, 0.25) is 5.02 Å². The van der Waals surface area contributed by atoms with E-state index in [2.05, 4.69) is 21.2 Å². The number of hydrogen-bond donors (Lipinski definition) is 1. The fourth-order valence-corrected chi connectivity index (χ4v) is 4.79. The molecule has 0 bridgehead atoms. The fraction of sp³-hybridized carbons (Fsp3) is 0.174. The number of rotatable bonds is 8. The van der Waals surface area contributed by atoms with Crippen molar-refractivity contribution in [2.75, 3.05) is 6.54 Å². The molecule has 1 amide bonds. The van der Waals surface area contributed by atoms with Crippen LogP contribution >= 0.6 is 27.5 Å². The van der Waals surface area contributed by atoms with Gasteiger partial charge in [-0.15, -0.1) is 0 Å². The van der Waals surface area contributed by atoms with Gasteiger partial charge >= 0.3 is 0 Å². The van der Waals surface area contributed by atoms with Crippen LogP contribution < -0.4 is 5.32 Å². The maximum Gasteiger partial charge on any atom is 0.243 e. The van der Waals surface area contributed by atoms with Gasteiger partial charge in [0, 0.05) is 22.6 Å². The number of aryl methyl sites for hydroxylation is 1. The van der Waals surface area contributed by atoms with Crippen molar-refractivity contribution in [3.05, 3.63) is 99.0 Å². The molecule has 31 heavy (non-hydrogen) atoms. The van der Waals surface area contributed by atoms with Gasteiger partial charge in [-0.05, 0) is 54.4 Å². The van der Waals surface area contributed by atoms with Crippen molar-refractivity contribution in [2.24, 2.45) is 0 Å². The van der Waals surface area contributed by atoms with Gasteiger partial charge in [0.2, 0.25) is 15.9 Å². The Morgan fingerprint density at radius 1 is 1.00 bits per heavy atom. The van der Waals surface area contributed by atoms with Crippen molar-refractivity contribution >= 4 is 43.5 Å². The number of hydrogen-bond acceptors (Lipinski definition) is 3. The molecule has 0 saturated carbocycles. The molecule has 0 aliphatic carbocycles. The molecule has 162 valence electrons. The van der Waals surface area contributed by atoms with Crippen LogP contribution in [-0.4, -0.2) is 25.2 Å². The molecule has 0 fully saturated rings. The highest BCUT2D eigenvalue weighted by Gasteiger charge is 2.27. The molecule has 0 aliphatic rings. The van der Waals surface area contributed by atoms with Crippen molar-refractivity contribution in [1.29, 1.82) is 0 Å². The number of carbonyl (C=O) groups is 1. The molecular weight excluding hydrogens is 500 g/mol. The molecule has 1 N–H and O–H groups in total. The zero-order valence-corrected chi connectivity index (χ0v) is 20.0. The lowest BCUT2D eigenvalue weighted by atomic mass is 10.1. The Bertz CT molecular complexity index is 1150. The van der Waals surface area contributed by atoms with E-state index >= 15 is 0 Å². The van der Waals surface area contributed by atoms with Gasteiger partial charge < -0.3 is 5.32 Å². The van der Waals surface area contributed by atoms with Gasteiger partial charge in [0.1, 0.15) is 0 Å². The van der Waals surface area contributed by atoms with Gasteiger partial charge in [0.05, 0.1) is 11.4 Å². The van der Waals surface area contributed by atoms with E-state index in [-0.39, 0.29) is 23.9 Å². The normalized spacial score (nSPS) is 11.5. The quantitative estimate of drug-likeness (QED) is 0.458. The number of carbonyl (C=O) groups excluding carboxylic acids is 1. The van der Waals surface area contributed by atoms with E-state index in [1.54, 1.807) is 0 Å². The number of sulfonamides is 1. The zero-order valence-electron chi connectivity index (χ0n) is 16.9. The summed E-state index contributed by atoms with van der Waals surface area (Å²) in [6, 6.07) is 21.0. The summed E-state index contributed by atoms with van der Waals surface area (Å²) in [5, 5.41) is 3.25. The smallest absolute Gasteiger partial charge is 0.243 e. The second kappa shape index (κ2) is 10.4. The Morgan fingerprint density at radius 3 is 2.32 bits per heavy atom. The third-order valence-corrected chi connectivity index (χ3v) is 7.20. The van der Waals surface area contributed by atoms with Crippen molar-refractivity contribution < 1.29 is 13.2 Å². The van der Waals surface area contributed by atoms with Crippen LogP contribution in [-0.2, 0) is 27.9 Å². The maximum absolute atomic E-state index is 13.3. The first-order chi connectivity index (χ1) is 14.7. The first-order valence-corrected chi connectivity index (χ1v) is 12.2. The predicted octanol–water partition coefficient (Wildman–Crippen LogP) is 4.92. The van der Waals surface area contributed by atoms with Crippen molar-refractivity contribution in [2.45, 2.75) is 24.9 Å². The SMILES string of the molecule is Cc1cccc(CNC(=O)CN(Cc2ccc(Br)cc2)S(=O)(=O)c2ccc(Cl)cc2)c1. The first-order valence-electron chi connectivity index (χ1n) is 9.56. The summed E-state index contributed by atoms with van der Waals surface area (Å²) < 4.78 is 28.6. The molecule has 3 rings (SSSR count). The third-order valence-electron chi connectivity index (χ3n) is 4.62. The molecule has 0 heterocycles. The number of halogens is 2. The van der Waals surface area contributed by atoms with E-state index in [0.29, 0.717) is 11.6 Å².